The quantitative estimate of drug-likeness (QED) is 0.649. The van der Waals surface area contributed by atoms with E-state index < -0.39 is 0 Å². The molecule has 0 aliphatic carbocycles. The lowest BCUT2D eigenvalue weighted by molar-refractivity contribution is 0.258. The molecule has 0 saturated carbocycles. The van der Waals surface area contributed by atoms with Gasteiger partial charge < -0.3 is 9.05 Å². The number of nitrogens with zero attached hydrogens (tertiary/aromatic N) is 5. The Morgan fingerprint density at radius 2 is 1.96 bits per heavy atom. The molecule has 2 aromatic heterocycles. The van der Waals surface area contributed by atoms with Gasteiger partial charge >= 0.3 is 0 Å². The molecule has 0 spiro atoms. The summed E-state index contributed by atoms with van der Waals surface area (Å²) in [5.41, 5.74) is 0.837. The van der Waals surface area contributed by atoms with Crippen LogP contribution in [-0.2, 0) is 19.4 Å². The zero-order valence-electron chi connectivity index (χ0n) is 13.6. The molecule has 2 heterocycles. The van der Waals surface area contributed by atoms with E-state index in [9.17, 15) is 0 Å². The van der Waals surface area contributed by atoms with Gasteiger partial charge in [-0.1, -0.05) is 41.0 Å². The summed E-state index contributed by atoms with van der Waals surface area (Å²) in [6.45, 7) is 3.31. The molecule has 24 heavy (non-hydrogen) atoms. The van der Waals surface area contributed by atoms with Crippen LogP contribution < -0.4 is 0 Å². The fraction of sp³-hybridized carbons (Fsp3) is 0.375. The predicted molar refractivity (Wildman–Crippen MR) is 88.5 cm³/mol. The number of halogens is 1. The molecule has 3 aromatic rings. The second-order valence-electron chi connectivity index (χ2n) is 5.47. The summed E-state index contributed by atoms with van der Waals surface area (Å²) in [6, 6.07) is 7.37. The summed E-state index contributed by atoms with van der Waals surface area (Å²) in [5, 5.41) is 8.53. The van der Waals surface area contributed by atoms with Gasteiger partial charge in [-0.05, 0) is 19.2 Å². The van der Waals surface area contributed by atoms with Gasteiger partial charge in [-0.2, -0.15) is 9.97 Å². The monoisotopic (exact) mass is 347 g/mol. The molecular weight excluding hydrogens is 330 g/mol. The third-order valence-corrected chi connectivity index (χ3v) is 3.72. The Hall–Kier alpha value is -2.25. The number of aryl methyl sites for hydroxylation is 1. The third kappa shape index (κ3) is 4.18. The Balaban J connectivity index is 1.55. The van der Waals surface area contributed by atoms with Gasteiger partial charge in [0.05, 0.1) is 6.54 Å². The lowest BCUT2D eigenvalue weighted by atomic mass is 10.2. The van der Waals surface area contributed by atoms with E-state index in [0.717, 1.165) is 24.4 Å². The summed E-state index contributed by atoms with van der Waals surface area (Å²) in [6.07, 6.45) is 1.40. The maximum Gasteiger partial charge on any atom is 0.240 e. The van der Waals surface area contributed by atoms with Crippen LogP contribution in [0.3, 0.4) is 0 Å². The molecule has 0 atom stereocenters. The molecule has 0 aliphatic rings. The van der Waals surface area contributed by atoms with Gasteiger partial charge in [-0.15, -0.1) is 0 Å². The Morgan fingerprint density at radius 3 is 2.71 bits per heavy atom. The molecule has 126 valence electrons. The molecule has 0 N–H and O–H groups in total. The van der Waals surface area contributed by atoms with Gasteiger partial charge in [0.25, 0.3) is 0 Å². The summed E-state index contributed by atoms with van der Waals surface area (Å²) in [4.78, 5) is 10.8. The van der Waals surface area contributed by atoms with Crippen LogP contribution in [0, 0.1) is 0 Å². The molecular formula is C16H18ClN5O2. The topological polar surface area (TPSA) is 81.1 Å². The van der Waals surface area contributed by atoms with E-state index in [1.807, 2.05) is 38.2 Å². The first-order valence-electron chi connectivity index (χ1n) is 7.72. The summed E-state index contributed by atoms with van der Waals surface area (Å²) >= 11 is 5.98. The van der Waals surface area contributed by atoms with Gasteiger partial charge in [0.2, 0.25) is 17.6 Å². The zero-order chi connectivity index (χ0) is 16.9. The maximum absolute atomic E-state index is 5.98. The number of hydrogen-bond donors (Lipinski definition) is 0. The molecule has 0 bridgehead atoms. The summed E-state index contributed by atoms with van der Waals surface area (Å²) in [5.74, 6) is 2.46. The number of likely N-dealkylation sites (N-methyl/N-ethyl adjacent to an activating group) is 1. The highest BCUT2D eigenvalue weighted by molar-refractivity contribution is 6.30. The highest BCUT2D eigenvalue weighted by Gasteiger charge is 2.12. The van der Waals surface area contributed by atoms with Crippen molar-refractivity contribution in [3.05, 3.63) is 46.9 Å². The first-order valence-corrected chi connectivity index (χ1v) is 8.10. The maximum atomic E-state index is 5.98. The molecule has 0 saturated heterocycles. The molecule has 0 fully saturated rings. The Labute approximate surface area is 144 Å². The van der Waals surface area contributed by atoms with E-state index in [1.165, 1.54) is 0 Å². The lowest BCUT2D eigenvalue weighted by Gasteiger charge is -2.11. The Kier molecular flexibility index (Phi) is 5.22. The van der Waals surface area contributed by atoms with E-state index in [2.05, 4.69) is 25.2 Å². The van der Waals surface area contributed by atoms with E-state index in [0.29, 0.717) is 35.6 Å². The van der Waals surface area contributed by atoms with Crippen molar-refractivity contribution in [3.8, 4) is 11.4 Å². The minimum atomic E-state index is 0.541. The number of rotatable bonds is 7. The molecule has 0 aliphatic heterocycles. The summed E-state index contributed by atoms with van der Waals surface area (Å²) in [7, 11) is 1.98. The van der Waals surface area contributed by atoms with Crippen molar-refractivity contribution < 1.29 is 9.05 Å². The van der Waals surface area contributed by atoms with Crippen LogP contribution in [0.4, 0.5) is 0 Å². The highest BCUT2D eigenvalue weighted by atomic mass is 35.5. The SMILES string of the molecule is CCc1noc(CN(C)CCc2nc(-c3cccc(Cl)c3)no2)n1. The van der Waals surface area contributed by atoms with Gasteiger partial charge in [0, 0.05) is 30.0 Å². The van der Waals surface area contributed by atoms with Gasteiger partial charge in [-0.3, -0.25) is 4.90 Å². The molecule has 3 rings (SSSR count). The average Bonchev–Trinajstić information content (AvgIpc) is 3.22. The van der Waals surface area contributed by atoms with Crippen LogP contribution in [0.2, 0.25) is 5.02 Å². The normalized spacial score (nSPS) is 11.3. The van der Waals surface area contributed by atoms with Crippen LogP contribution in [0.15, 0.2) is 33.3 Å². The van der Waals surface area contributed by atoms with E-state index in [4.69, 9.17) is 20.6 Å². The van der Waals surface area contributed by atoms with Gasteiger partial charge in [-0.25, -0.2) is 0 Å². The molecule has 8 heteroatoms. The minimum Gasteiger partial charge on any atom is -0.339 e. The molecule has 0 unspecified atom stereocenters. The smallest absolute Gasteiger partial charge is 0.240 e. The standard InChI is InChI=1S/C16H18ClN5O2/c1-3-13-18-15(24-20-13)10-22(2)8-7-14-19-16(21-23-14)11-5-4-6-12(17)9-11/h4-6,9H,3,7-8,10H2,1-2H3. The second kappa shape index (κ2) is 7.55. The highest BCUT2D eigenvalue weighted by Crippen LogP contribution is 2.20. The van der Waals surface area contributed by atoms with E-state index in [-0.39, 0.29) is 0 Å². The minimum absolute atomic E-state index is 0.541. The Morgan fingerprint density at radius 1 is 1.12 bits per heavy atom. The molecule has 0 radical (unpaired) electrons. The number of aromatic nitrogens is 4. The van der Waals surface area contributed by atoms with Crippen molar-refractivity contribution in [2.75, 3.05) is 13.6 Å². The zero-order valence-corrected chi connectivity index (χ0v) is 14.3. The van der Waals surface area contributed by atoms with Crippen molar-refractivity contribution in [2.24, 2.45) is 0 Å². The van der Waals surface area contributed by atoms with Crippen LogP contribution >= 0.6 is 11.6 Å². The van der Waals surface area contributed by atoms with Crippen molar-refractivity contribution in [1.82, 2.24) is 25.2 Å². The van der Waals surface area contributed by atoms with Crippen molar-refractivity contribution in [1.29, 1.82) is 0 Å². The first-order chi connectivity index (χ1) is 11.6. The molecule has 1 aromatic carbocycles. The molecule has 7 nitrogen and oxygen atoms in total. The van der Waals surface area contributed by atoms with Crippen molar-refractivity contribution in [3.63, 3.8) is 0 Å². The largest absolute Gasteiger partial charge is 0.339 e. The number of benzene rings is 1. The first kappa shape index (κ1) is 16.6. The van der Waals surface area contributed by atoms with Crippen LogP contribution in [0.25, 0.3) is 11.4 Å². The van der Waals surface area contributed by atoms with E-state index in [1.54, 1.807) is 0 Å². The second-order valence-corrected chi connectivity index (χ2v) is 5.90. The third-order valence-electron chi connectivity index (χ3n) is 3.49. The van der Waals surface area contributed by atoms with Crippen LogP contribution in [0.5, 0.6) is 0 Å². The van der Waals surface area contributed by atoms with Crippen molar-refractivity contribution >= 4 is 11.6 Å². The summed E-state index contributed by atoms with van der Waals surface area (Å²) < 4.78 is 10.5. The lowest BCUT2D eigenvalue weighted by Crippen LogP contribution is -2.21. The average molecular weight is 348 g/mol. The number of hydrogen-bond acceptors (Lipinski definition) is 7. The molecule has 0 amide bonds. The van der Waals surface area contributed by atoms with E-state index >= 15 is 0 Å². The van der Waals surface area contributed by atoms with Crippen molar-refractivity contribution in [2.45, 2.75) is 26.3 Å². The fourth-order valence-electron chi connectivity index (χ4n) is 2.20. The fourth-order valence-corrected chi connectivity index (χ4v) is 2.39. The predicted octanol–water partition coefficient (Wildman–Crippen LogP) is 3.01. The Bertz CT molecular complexity index is 801. The van der Waals surface area contributed by atoms with Gasteiger partial charge in [0.1, 0.15) is 0 Å². The van der Waals surface area contributed by atoms with Crippen LogP contribution in [0.1, 0.15) is 24.5 Å². The van der Waals surface area contributed by atoms with Crippen LogP contribution in [-0.4, -0.2) is 38.8 Å². The van der Waals surface area contributed by atoms with Gasteiger partial charge in [0.15, 0.2) is 5.82 Å².